The fourth-order valence-corrected chi connectivity index (χ4v) is 3.17. The highest BCUT2D eigenvalue weighted by molar-refractivity contribution is 5.69. The molecule has 0 unspecified atom stereocenters. The van der Waals surface area contributed by atoms with Crippen molar-refractivity contribution >= 4 is 5.97 Å². The predicted octanol–water partition coefficient (Wildman–Crippen LogP) is 3.30. The monoisotopic (exact) mass is 334 g/mol. The van der Waals surface area contributed by atoms with Gasteiger partial charge in [-0.2, -0.15) is 0 Å². The summed E-state index contributed by atoms with van der Waals surface area (Å²) in [7, 11) is 0. The predicted molar refractivity (Wildman–Crippen MR) is 94.3 cm³/mol. The van der Waals surface area contributed by atoms with E-state index in [0.717, 1.165) is 32.1 Å². The lowest BCUT2D eigenvalue weighted by atomic mass is 10.1. The molecular formula is C20H30O4. The number of hydrogen-bond donors (Lipinski definition) is 2. The Morgan fingerprint density at radius 3 is 2.92 bits per heavy atom. The maximum Gasteiger partial charge on any atom is 0.306 e. The highest BCUT2D eigenvalue weighted by Crippen LogP contribution is 2.46. The number of ether oxygens (including phenoxy) is 1. The number of cyclic esters (lactones) is 1. The molecule has 1 aliphatic carbocycles. The largest absolute Gasteiger partial charge is 0.462 e. The minimum atomic E-state index is -0.588. The van der Waals surface area contributed by atoms with Crippen LogP contribution in [-0.2, 0) is 9.53 Å². The Morgan fingerprint density at radius 1 is 1.29 bits per heavy atom. The molecule has 1 fully saturated rings. The van der Waals surface area contributed by atoms with Gasteiger partial charge in [0.25, 0.3) is 0 Å². The Kier molecular flexibility index (Phi) is 7.73. The normalized spacial score (nSPS) is 32.0. The van der Waals surface area contributed by atoms with Crippen molar-refractivity contribution in [3.05, 3.63) is 36.5 Å². The number of carbonyl (C=O) groups excluding carboxylic acids is 1. The van der Waals surface area contributed by atoms with Gasteiger partial charge < -0.3 is 14.9 Å². The Hall–Kier alpha value is -1.39. The summed E-state index contributed by atoms with van der Waals surface area (Å²) in [6.07, 6.45) is 15.6. The highest BCUT2D eigenvalue weighted by Gasteiger charge is 2.47. The summed E-state index contributed by atoms with van der Waals surface area (Å²) in [5, 5.41) is 20.1. The van der Waals surface area contributed by atoms with Crippen molar-refractivity contribution in [3.63, 3.8) is 0 Å². The van der Waals surface area contributed by atoms with Crippen LogP contribution >= 0.6 is 0 Å². The van der Waals surface area contributed by atoms with Crippen molar-refractivity contribution in [3.8, 4) is 0 Å². The van der Waals surface area contributed by atoms with Gasteiger partial charge in [-0.3, -0.25) is 4.79 Å². The highest BCUT2D eigenvalue weighted by atomic mass is 16.5. The third-order valence-corrected chi connectivity index (χ3v) is 4.69. The minimum absolute atomic E-state index is 0.117. The number of hydrogen-bond acceptors (Lipinski definition) is 4. The van der Waals surface area contributed by atoms with Gasteiger partial charge in [0.05, 0.1) is 12.2 Å². The van der Waals surface area contributed by atoms with E-state index in [9.17, 15) is 15.0 Å². The number of aliphatic hydroxyl groups excluding tert-OH is 2. The van der Waals surface area contributed by atoms with Gasteiger partial charge in [-0.05, 0) is 38.0 Å². The second kappa shape index (κ2) is 9.80. The van der Waals surface area contributed by atoms with Gasteiger partial charge in [0.1, 0.15) is 6.10 Å². The molecule has 0 radical (unpaired) electrons. The molecule has 134 valence electrons. The summed E-state index contributed by atoms with van der Waals surface area (Å²) in [6.45, 7) is 2.05. The zero-order valence-corrected chi connectivity index (χ0v) is 14.5. The van der Waals surface area contributed by atoms with Crippen molar-refractivity contribution < 1.29 is 19.7 Å². The SMILES string of the molecule is CC/C=C\C[C@@H](O)/C=C/[C@@H](O)[C@@H]1C[C@H]1[C@@H]1C/C=C\CCCC(=O)O1. The first-order valence-corrected chi connectivity index (χ1v) is 9.15. The zero-order valence-electron chi connectivity index (χ0n) is 14.5. The van der Waals surface area contributed by atoms with Crippen LogP contribution in [0.2, 0.25) is 0 Å². The Labute approximate surface area is 144 Å². The van der Waals surface area contributed by atoms with E-state index < -0.39 is 12.2 Å². The van der Waals surface area contributed by atoms with E-state index in [2.05, 4.69) is 19.1 Å². The molecule has 0 amide bonds. The van der Waals surface area contributed by atoms with Gasteiger partial charge in [-0.15, -0.1) is 0 Å². The van der Waals surface area contributed by atoms with Crippen molar-refractivity contribution in [2.45, 2.75) is 70.2 Å². The van der Waals surface area contributed by atoms with Crippen molar-refractivity contribution in [2.24, 2.45) is 11.8 Å². The van der Waals surface area contributed by atoms with Gasteiger partial charge in [0.2, 0.25) is 0 Å². The van der Waals surface area contributed by atoms with E-state index in [-0.39, 0.29) is 23.9 Å². The summed E-state index contributed by atoms with van der Waals surface area (Å²) >= 11 is 0. The van der Waals surface area contributed by atoms with E-state index in [1.807, 2.05) is 12.2 Å². The molecule has 2 aliphatic rings. The molecule has 2 rings (SSSR count). The lowest BCUT2D eigenvalue weighted by molar-refractivity contribution is -0.150. The average Bonchev–Trinajstić information content (AvgIpc) is 3.34. The lowest BCUT2D eigenvalue weighted by Gasteiger charge is -2.17. The molecule has 0 aromatic carbocycles. The van der Waals surface area contributed by atoms with Crippen LogP contribution in [0.15, 0.2) is 36.5 Å². The van der Waals surface area contributed by atoms with Crippen LogP contribution in [0.4, 0.5) is 0 Å². The molecule has 0 aromatic rings. The maximum atomic E-state index is 11.8. The molecule has 0 spiro atoms. The fraction of sp³-hybridized carbons (Fsp3) is 0.650. The van der Waals surface area contributed by atoms with Gasteiger partial charge in [0.15, 0.2) is 0 Å². The maximum absolute atomic E-state index is 11.8. The van der Waals surface area contributed by atoms with E-state index >= 15 is 0 Å². The van der Waals surface area contributed by atoms with E-state index in [0.29, 0.717) is 12.8 Å². The summed E-state index contributed by atoms with van der Waals surface area (Å²) in [5.41, 5.74) is 0. The molecule has 2 N–H and O–H groups in total. The summed E-state index contributed by atoms with van der Waals surface area (Å²) in [5.74, 6) is 0.206. The third-order valence-electron chi connectivity index (χ3n) is 4.69. The second-order valence-corrected chi connectivity index (χ2v) is 6.75. The van der Waals surface area contributed by atoms with E-state index in [1.165, 1.54) is 0 Å². The van der Waals surface area contributed by atoms with Crippen molar-refractivity contribution in [1.29, 1.82) is 0 Å². The number of allylic oxidation sites excluding steroid dienone is 2. The fourth-order valence-electron chi connectivity index (χ4n) is 3.17. The van der Waals surface area contributed by atoms with Gasteiger partial charge >= 0.3 is 5.97 Å². The van der Waals surface area contributed by atoms with E-state index in [1.54, 1.807) is 12.2 Å². The Morgan fingerprint density at radius 2 is 2.12 bits per heavy atom. The lowest BCUT2D eigenvalue weighted by Crippen LogP contribution is -2.22. The van der Waals surface area contributed by atoms with Crippen LogP contribution in [0.5, 0.6) is 0 Å². The first-order chi connectivity index (χ1) is 11.6. The first-order valence-electron chi connectivity index (χ1n) is 9.15. The third kappa shape index (κ3) is 6.25. The van der Waals surface area contributed by atoms with Crippen LogP contribution in [0.1, 0.15) is 51.9 Å². The molecule has 0 aromatic heterocycles. The number of carbonyl (C=O) groups is 1. The standard InChI is InChI=1S/C20H30O4/c1-2-3-6-9-15(21)12-13-18(22)16-14-17(16)19-10-7-4-5-8-11-20(23)24-19/h3-4,6-7,12-13,15-19,21-22H,2,5,8-11,14H2,1H3/b6-3-,7-4-,13-12+/t15-,16-,17-,18-,19+/m1/s1. The zero-order chi connectivity index (χ0) is 17.4. The number of aliphatic hydroxyl groups is 2. The number of esters is 1. The van der Waals surface area contributed by atoms with Crippen LogP contribution in [0, 0.1) is 11.8 Å². The van der Waals surface area contributed by atoms with Crippen molar-refractivity contribution in [2.75, 3.05) is 0 Å². The Balaban J connectivity index is 1.81. The van der Waals surface area contributed by atoms with E-state index in [4.69, 9.17) is 4.74 Å². The van der Waals surface area contributed by atoms with Gasteiger partial charge in [-0.1, -0.05) is 43.4 Å². The smallest absolute Gasteiger partial charge is 0.306 e. The molecule has 1 saturated carbocycles. The molecule has 0 saturated heterocycles. The summed E-state index contributed by atoms with van der Waals surface area (Å²) in [6, 6.07) is 0. The molecule has 5 atom stereocenters. The average molecular weight is 334 g/mol. The van der Waals surface area contributed by atoms with Crippen LogP contribution in [0.25, 0.3) is 0 Å². The first kappa shape index (κ1) is 18.9. The second-order valence-electron chi connectivity index (χ2n) is 6.75. The molecule has 4 nitrogen and oxygen atoms in total. The summed E-state index contributed by atoms with van der Waals surface area (Å²) < 4.78 is 5.58. The molecular weight excluding hydrogens is 304 g/mol. The minimum Gasteiger partial charge on any atom is -0.462 e. The molecule has 1 aliphatic heterocycles. The molecule has 4 heteroatoms. The summed E-state index contributed by atoms with van der Waals surface area (Å²) in [4.78, 5) is 11.8. The van der Waals surface area contributed by atoms with Crippen molar-refractivity contribution in [1.82, 2.24) is 0 Å². The number of rotatable bonds is 7. The topological polar surface area (TPSA) is 66.8 Å². The molecule has 1 heterocycles. The van der Waals surface area contributed by atoms with Crippen LogP contribution in [0.3, 0.4) is 0 Å². The van der Waals surface area contributed by atoms with Crippen LogP contribution < -0.4 is 0 Å². The van der Waals surface area contributed by atoms with Crippen LogP contribution in [-0.4, -0.2) is 34.5 Å². The quantitative estimate of drug-likeness (QED) is 0.554. The molecule has 0 bridgehead atoms. The molecule has 24 heavy (non-hydrogen) atoms. The van der Waals surface area contributed by atoms with Gasteiger partial charge in [0, 0.05) is 18.8 Å². The Bertz CT molecular complexity index is 480. The van der Waals surface area contributed by atoms with Gasteiger partial charge in [-0.25, -0.2) is 0 Å².